The Bertz CT molecular complexity index is 564. The summed E-state index contributed by atoms with van der Waals surface area (Å²) in [6.07, 6.45) is 10.1. The second kappa shape index (κ2) is 5.13. The zero-order valence-corrected chi connectivity index (χ0v) is 15.5. The lowest BCUT2D eigenvalue weighted by molar-refractivity contribution is -0.104. The molecule has 0 amide bonds. The molecule has 7 atom stereocenters. The van der Waals surface area contributed by atoms with Crippen LogP contribution in [0.25, 0.3) is 0 Å². The topological polar surface area (TPSA) is 20.2 Å². The van der Waals surface area contributed by atoms with Crippen LogP contribution in [0.4, 0.5) is 0 Å². The van der Waals surface area contributed by atoms with Crippen LogP contribution in [-0.4, -0.2) is 16.1 Å². The van der Waals surface area contributed by atoms with E-state index >= 15 is 0 Å². The summed E-state index contributed by atoms with van der Waals surface area (Å²) < 4.78 is 0. The molecule has 128 valence electrons. The van der Waals surface area contributed by atoms with Crippen LogP contribution in [0.5, 0.6) is 0 Å². The Morgan fingerprint density at radius 3 is 2.61 bits per heavy atom. The van der Waals surface area contributed by atoms with Gasteiger partial charge in [0.15, 0.2) is 0 Å². The largest absolute Gasteiger partial charge is 0.393 e. The average Bonchev–Trinajstić information content (AvgIpc) is 2.85. The molecule has 4 fully saturated rings. The van der Waals surface area contributed by atoms with Gasteiger partial charge in [-0.2, -0.15) is 0 Å². The van der Waals surface area contributed by atoms with Crippen molar-refractivity contribution in [1.82, 2.24) is 0 Å². The van der Waals surface area contributed by atoms with Crippen LogP contribution in [0.3, 0.4) is 0 Å². The van der Waals surface area contributed by atoms with E-state index in [-0.39, 0.29) is 16.4 Å². The molecule has 0 aromatic rings. The number of halogens is 1. The van der Waals surface area contributed by atoms with Crippen molar-refractivity contribution in [2.45, 2.75) is 82.6 Å². The van der Waals surface area contributed by atoms with Gasteiger partial charge in [0.1, 0.15) is 0 Å². The molecule has 0 heterocycles. The summed E-state index contributed by atoms with van der Waals surface area (Å²) in [6.45, 7) is 8.90. The van der Waals surface area contributed by atoms with Crippen molar-refractivity contribution in [2.24, 2.45) is 28.6 Å². The number of hydrogen-bond donors (Lipinski definition) is 1. The average molecular weight is 335 g/mol. The summed E-state index contributed by atoms with van der Waals surface area (Å²) in [5, 5.41) is 10.2. The van der Waals surface area contributed by atoms with E-state index in [0.717, 1.165) is 43.4 Å². The molecule has 0 aromatic carbocycles. The molecule has 23 heavy (non-hydrogen) atoms. The lowest BCUT2D eigenvalue weighted by Crippen LogP contribution is -2.60. The number of hydrogen-bond acceptors (Lipinski definition) is 1. The maximum absolute atomic E-state index is 10.2. The van der Waals surface area contributed by atoms with Gasteiger partial charge in [0.05, 0.1) is 11.0 Å². The molecule has 4 rings (SSSR count). The van der Waals surface area contributed by atoms with Gasteiger partial charge in [0.2, 0.25) is 0 Å². The monoisotopic (exact) mass is 334 g/mol. The summed E-state index contributed by atoms with van der Waals surface area (Å²) in [6, 6.07) is 0. The van der Waals surface area contributed by atoms with Gasteiger partial charge in [0.25, 0.3) is 0 Å². The van der Waals surface area contributed by atoms with Gasteiger partial charge in [-0.1, -0.05) is 20.4 Å². The Morgan fingerprint density at radius 1 is 1.09 bits per heavy atom. The van der Waals surface area contributed by atoms with Crippen LogP contribution in [0.1, 0.15) is 71.6 Å². The second-order valence-corrected chi connectivity index (χ2v) is 10.1. The Kier molecular flexibility index (Phi) is 3.63. The Balaban J connectivity index is 1.69. The van der Waals surface area contributed by atoms with Crippen LogP contribution < -0.4 is 0 Å². The zero-order valence-electron chi connectivity index (χ0n) is 14.7. The lowest BCUT2D eigenvalue weighted by Gasteiger charge is -2.63. The summed E-state index contributed by atoms with van der Waals surface area (Å²) in [4.78, 5) is -0.171. The number of aliphatic hydroxyl groups is 1. The van der Waals surface area contributed by atoms with Crippen LogP contribution in [0.2, 0.25) is 0 Å². The molecule has 4 saturated carbocycles. The van der Waals surface area contributed by atoms with Gasteiger partial charge >= 0.3 is 0 Å². The first-order valence-corrected chi connectivity index (χ1v) is 9.98. The number of fused-ring (bicyclic) bond motifs is 5. The van der Waals surface area contributed by atoms with Gasteiger partial charge in [-0.25, -0.2) is 0 Å². The summed E-state index contributed by atoms with van der Waals surface area (Å²) in [7, 11) is 0. The zero-order chi connectivity index (χ0) is 16.5. The Labute approximate surface area is 146 Å². The van der Waals surface area contributed by atoms with Crippen molar-refractivity contribution in [3.8, 4) is 0 Å². The summed E-state index contributed by atoms with van der Waals surface area (Å²) >= 11 is 7.18. The highest BCUT2D eigenvalue weighted by atomic mass is 35.5. The minimum atomic E-state index is -0.187. The SMILES string of the molecule is C=C=C1CCC2C3CC[C@]4(Cl)C[C@@H](O)CC[C@]4(C)C3CC[C@]12C. The molecule has 1 N–H and O–H groups in total. The third-order valence-corrected chi connectivity index (χ3v) is 9.48. The van der Waals surface area contributed by atoms with E-state index < -0.39 is 0 Å². The molecule has 0 spiro atoms. The van der Waals surface area contributed by atoms with Crippen molar-refractivity contribution in [2.75, 3.05) is 0 Å². The first kappa shape index (κ1) is 16.2. The van der Waals surface area contributed by atoms with Gasteiger partial charge in [-0.05, 0) is 91.9 Å². The van der Waals surface area contributed by atoms with E-state index in [1.807, 2.05) is 0 Å². The first-order chi connectivity index (χ1) is 10.8. The predicted octanol–water partition coefficient (Wildman–Crippen LogP) is 5.46. The smallest absolute Gasteiger partial charge is 0.0557 e. The highest BCUT2D eigenvalue weighted by molar-refractivity contribution is 6.24. The van der Waals surface area contributed by atoms with Crippen molar-refractivity contribution in [1.29, 1.82) is 0 Å². The maximum Gasteiger partial charge on any atom is 0.0557 e. The maximum atomic E-state index is 10.2. The summed E-state index contributed by atoms with van der Waals surface area (Å²) in [5.41, 5.74) is 5.33. The van der Waals surface area contributed by atoms with Gasteiger partial charge in [-0.3, -0.25) is 0 Å². The fourth-order valence-electron chi connectivity index (χ4n) is 7.28. The molecule has 1 nitrogen and oxygen atoms in total. The molecule has 2 heteroatoms. The lowest BCUT2D eigenvalue weighted by atomic mass is 9.44. The number of aliphatic hydroxyl groups excluding tert-OH is 1. The molecule has 0 radical (unpaired) electrons. The number of allylic oxidation sites excluding steroid dienone is 1. The van der Waals surface area contributed by atoms with E-state index in [1.54, 1.807) is 0 Å². The van der Waals surface area contributed by atoms with Crippen molar-refractivity contribution >= 4 is 11.6 Å². The van der Waals surface area contributed by atoms with E-state index in [0.29, 0.717) is 5.41 Å². The molecule has 3 unspecified atom stereocenters. The van der Waals surface area contributed by atoms with Crippen LogP contribution in [0.15, 0.2) is 17.9 Å². The Hall–Kier alpha value is -0.230. The van der Waals surface area contributed by atoms with E-state index in [4.69, 9.17) is 11.6 Å². The van der Waals surface area contributed by atoms with Gasteiger partial charge < -0.3 is 5.11 Å². The third kappa shape index (κ3) is 2.03. The van der Waals surface area contributed by atoms with E-state index in [9.17, 15) is 5.11 Å². The van der Waals surface area contributed by atoms with Crippen LogP contribution >= 0.6 is 11.6 Å². The van der Waals surface area contributed by atoms with E-state index in [2.05, 4.69) is 26.2 Å². The van der Waals surface area contributed by atoms with E-state index in [1.165, 1.54) is 37.7 Å². The van der Waals surface area contributed by atoms with Crippen LogP contribution in [0, 0.1) is 28.6 Å². The quantitative estimate of drug-likeness (QED) is 0.460. The van der Waals surface area contributed by atoms with Crippen molar-refractivity contribution in [3.63, 3.8) is 0 Å². The molecule has 0 aliphatic heterocycles. The normalized spacial score (nSPS) is 55.6. The number of rotatable bonds is 0. The highest BCUT2D eigenvalue weighted by Gasteiger charge is 2.63. The molecular weight excluding hydrogens is 304 g/mol. The van der Waals surface area contributed by atoms with Crippen molar-refractivity contribution in [3.05, 3.63) is 17.9 Å². The first-order valence-electron chi connectivity index (χ1n) is 9.60. The van der Waals surface area contributed by atoms with Gasteiger partial charge in [0, 0.05) is 0 Å². The second-order valence-electron chi connectivity index (χ2n) is 9.35. The molecule has 0 aromatic heterocycles. The highest BCUT2D eigenvalue weighted by Crippen LogP contribution is 2.69. The third-order valence-electron chi connectivity index (χ3n) is 8.71. The molecule has 0 bridgehead atoms. The number of alkyl halides is 1. The van der Waals surface area contributed by atoms with Crippen molar-refractivity contribution < 1.29 is 5.11 Å². The van der Waals surface area contributed by atoms with Crippen LogP contribution in [-0.2, 0) is 0 Å². The van der Waals surface area contributed by atoms with Gasteiger partial charge in [-0.15, -0.1) is 17.3 Å². The fourth-order valence-corrected chi connectivity index (χ4v) is 7.81. The minimum Gasteiger partial charge on any atom is -0.393 e. The molecular formula is C21H31ClO. The predicted molar refractivity (Wildman–Crippen MR) is 95.5 cm³/mol. The molecule has 0 saturated heterocycles. The Morgan fingerprint density at radius 2 is 1.87 bits per heavy atom. The minimum absolute atomic E-state index is 0.171. The standard InChI is InChI=1S/C21H31ClO/c1-4-14-5-6-17-16-8-12-21(22)13-15(23)7-11-20(21,3)18(16)9-10-19(14,17)2/h15-18,23H,1,5-13H2,2-3H3/t15-,16?,17?,18?,19+,20+,21-/m0/s1. The molecule has 4 aliphatic carbocycles. The summed E-state index contributed by atoms with van der Waals surface area (Å²) in [5.74, 6) is 2.35. The molecule has 4 aliphatic rings. The fraction of sp³-hybridized carbons (Fsp3) is 0.857.